The van der Waals surface area contributed by atoms with Crippen molar-refractivity contribution in [1.29, 1.82) is 0 Å². The number of nitrogens with zero attached hydrogens (tertiary/aromatic N) is 2. The molecule has 1 saturated carbocycles. The van der Waals surface area contributed by atoms with Crippen LogP contribution in [0.2, 0.25) is 0 Å². The fraction of sp³-hybridized carbons (Fsp3) is 0.500. The van der Waals surface area contributed by atoms with E-state index in [1.807, 2.05) is 0 Å². The largest absolute Gasteiger partial charge is 0.412 e. The fourth-order valence-electron chi connectivity index (χ4n) is 2.61. The molecule has 24 heavy (non-hydrogen) atoms. The zero-order chi connectivity index (χ0) is 15.2. The van der Waals surface area contributed by atoms with Crippen LogP contribution < -0.4 is 22.5 Å². The normalized spacial score (nSPS) is 18.8. The van der Waals surface area contributed by atoms with Gasteiger partial charge >= 0.3 is 0 Å². The molecule has 0 radical (unpaired) electrons. The van der Waals surface area contributed by atoms with Crippen LogP contribution in [0.3, 0.4) is 0 Å². The van der Waals surface area contributed by atoms with Crippen molar-refractivity contribution in [3.8, 4) is 0 Å². The third-order valence-corrected chi connectivity index (χ3v) is 3.80. The number of hydrogen-bond donors (Lipinski definition) is 4. The molecule has 1 aliphatic carbocycles. The van der Waals surface area contributed by atoms with E-state index >= 15 is 0 Å². The van der Waals surface area contributed by atoms with E-state index in [9.17, 15) is 4.79 Å². The molecule has 9 N–H and O–H groups in total. The summed E-state index contributed by atoms with van der Waals surface area (Å²) in [5.41, 5.74) is 16.9. The minimum atomic E-state index is 0. The number of pyridine rings is 1. The Labute approximate surface area is 153 Å². The van der Waals surface area contributed by atoms with Gasteiger partial charge in [0.25, 0.3) is 0 Å². The lowest BCUT2D eigenvalue weighted by molar-refractivity contribution is -0.121. The molecular weight excluding hydrogens is 355 g/mol. The van der Waals surface area contributed by atoms with Crippen molar-refractivity contribution in [3.05, 3.63) is 18.3 Å². The van der Waals surface area contributed by atoms with E-state index in [0.29, 0.717) is 24.0 Å². The number of amides is 1. The average Bonchev–Trinajstić information content (AvgIpc) is 2.45. The Morgan fingerprint density at radius 3 is 2.42 bits per heavy atom. The van der Waals surface area contributed by atoms with Gasteiger partial charge in [-0.2, -0.15) is 0 Å². The second-order valence-electron chi connectivity index (χ2n) is 5.44. The summed E-state index contributed by atoms with van der Waals surface area (Å²) in [5, 5.41) is 2.89. The number of hydrogen-bond acceptors (Lipinski definition) is 4. The quantitative estimate of drug-likeness (QED) is 0.445. The van der Waals surface area contributed by atoms with Crippen molar-refractivity contribution in [2.24, 2.45) is 28.3 Å². The molecule has 10 heteroatoms. The van der Waals surface area contributed by atoms with Gasteiger partial charge in [0.05, 0.1) is 0 Å². The molecule has 0 aromatic carbocycles. The van der Waals surface area contributed by atoms with Gasteiger partial charge in [-0.25, -0.2) is 4.98 Å². The van der Waals surface area contributed by atoms with Crippen molar-refractivity contribution in [1.82, 2.24) is 4.98 Å². The summed E-state index contributed by atoms with van der Waals surface area (Å²) in [6, 6.07) is 3.39. The van der Waals surface area contributed by atoms with E-state index in [1.165, 1.54) is 0 Å². The number of nitrogens with one attached hydrogen (secondary N) is 1. The van der Waals surface area contributed by atoms with E-state index in [-0.39, 0.29) is 48.1 Å². The fourth-order valence-corrected chi connectivity index (χ4v) is 2.61. The van der Waals surface area contributed by atoms with Gasteiger partial charge < -0.3 is 28.0 Å². The zero-order valence-corrected chi connectivity index (χ0v) is 14.9. The number of aromatic nitrogens is 1. The molecule has 0 aliphatic heterocycles. The molecular formula is C14H26Cl2N6O2. The first-order valence-electron chi connectivity index (χ1n) is 7.12. The van der Waals surface area contributed by atoms with Crippen LogP contribution in [-0.4, -0.2) is 28.9 Å². The average molecular weight is 381 g/mol. The second-order valence-corrected chi connectivity index (χ2v) is 5.44. The predicted molar refractivity (Wildman–Crippen MR) is 102 cm³/mol. The Kier molecular flexibility index (Phi) is 12.0. The molecule has 1 amide bonds. The Morgan fingerprint density at radius 1 is 1.25 bits per heavy atom. The molecule has 1 heterocycles. The number of anilines is 2. The van der Waals surface area contributed by atoms with Gasteiger partial charge in [0, 0.05) is 30.4 Å². The van der Waals surface area contributed by atoms with E-state index in [1.54, 1.807) is 18.3 Å². The van der Waals surface area contributed by atoms with Crippen molar-refractivity contribution < 1.29 is 10.3 Å². The summed E-state index contributed by atoms with van der Waals surface area (Å²) in [6.07, 6.45) is 5.23. The third kappa shape index (κ3) is 7.67. The standard InChI is InChI=1S/C14H22N6O.2ClH.H2O/c15-12-7-11(5-6-18-12)20-13(21)10-3-1-9(2-4-10)8-19-14(16)17;;;/h5-7,9-10H,1-4,8H2,(H4,16,17,19)(H3,15,18,20,21);2*1H;1H2. The van der Waals surface area contributed by atoms with E-state index in [4.69, 9.17) is 17.2 Å². The summed E-state index contributed by atoms with van der Waals surface area (Å²) in [7, 11) is 0. The molecule has 0 saturated heterocycles. The van der Waals surface area contributed by atoms with Crippen LogP contribution in [0.5, 0.6) is 0 Å². The summed E-state index contributed by atoms with van der Waals surface area (Å²) in [6.45, 7) is 0.650. The minimum Gasteiger partial charge on any atom is -0.412 e. The molecule has 1 fully saturated rings. The number of carbonyl (C=O) groups excluding carboxylic acids is 1. The molecule has 138 valence electrons. The Hall–Kier alpha value is -1.77. The Bertz CT molecular complexity index is 532. The lowest BCUT2D eigenvalue weighted by Crippen LogP contribution is -2.29. The van der Waals surface area contributed by atoms with Crippen molar-refractivity contribution >= 4 is 48.2 Å². The van der Waals surface area contributed by atoms with Crippen LogP contribution in [-0.2, 0) is 4.79 Å². The first-order chi connectivity index (χ1) is 10.0. The number of carbonyl (C=O) groups is 1. The number of rotatable bonds is 4. The Morgan fingerprint density at radius 2 is 1.88 bits per heavy atom. The smallest absolute Gasteiger partial charge is 0.227 e. The number of nitrogen functional groups attached to an aromatic ring is 1. The van der Waals surface area contributed by atoms with E-state index in [2.05, 4.69) is 15.3 Å². The first-order valence-corrected chi connectivity index (χ1v) is 7.12. The second kappa shape index (κ2) is 11.7. The van der Waals surface area contributed by atoms with E-state index in [0.717, 1.165) is 25.7 Å². The predicted octanol–water partition coefficient (Wildman–Crippen LogP) is 0.701. The van der Waals surface area contributed by atoms with Gasteiger partial charge in [0.2, 0.25) is 5.91 Å². The topological polar surface area (TPSA) is 164 Å². The van der Waals surface area contributed by atoms with Crippen molar-refractivity contribution in [2.75, 3.05) is 17.6 Å². The van der Waals surface area contributed by atoms with Gasteiger partial charge in [0.15, 0.2) is 5.96 Å². The van der Waals surface area contributed by atoms with Crippen LogP contribution in [0.4, 0.5) is 11.5 Å². The van der Waals surface area contributed by atoms with Crippen molar-refractivity contribution in [2.45, 2.75) is 25.7 Å². The third-order valence-electron chi connectivity index (χ3n) is 3.80. The van der Waals surface area contributed by atoms with Crippen LogP contribution in [0.15, 0.2) is 23.3 Å². The van der Waals surface area contributed by atoms with Gasteiger partial charge in [-0.3, -0.25) is 9.79 Å². The molecule has 0 unspecified atom stereocenters. The van der Waals surface area contributed by atoms with Crippen LogP contribution in [0.1, 0.15) is 25.7 Å². The summed E-state index contributed by atoms with van der Waals surface area (Å²) < 4.78 is 0. The maximum Gasteiger partial charge on any atom is 0.227 e. The maximum absolute atomic E-state index is 12.2. The van der Waals surface area contributed by atoms with Gasteiger partial charge in [0.1, 0.15) is 5.82 Å². The lowest BCUT2D eigenvalue weighted by atomic mass is 9.81. The lowest BCUT2D eigenvalue weighted by Gasteiger charge is -2.26. The SMILES string of the molecule is Cl.Cl.NC(N)=NCC1CCC(C(=O)Nc2ccnc(N)c2)CC1.O. The molecule has 1 aromatic heterocycles. The first kappa shape index (κ1) is 24.5. The monoisotopic (exact) mass is 380 g/mol. The number of guanidine groups is 1. The Balaban J connectivity index is 0. The van der Waals surface area contributed by atoms with Crippen molar-refractivity contribution in [3.63, 3.8) is 0 Å². The molecule has 8 nitrogen and oxygen atoms in total. The molecule has 1 aliphatic rings. The molecule has 0 atom stereocenters. The van der Waals surface area contributed by atoms with Crippen LogP contribution in [0.25, 0.3) is 0 Å². The van der Waals surface area contributed by atoms with Gasteiger partial charge in [-0.05, 0) is 37.7 Å². The summed E-state index contributed by atoms with van der Waals surface area (Å²) >= 11 is 0. The minimum absolute atomic E-state index is 0. The van der Waals surface area contributed by atoms with Gasteiger partial charge in [-0.1, -0.05) is 0 Å². The highest BCUT2D eigenvalue weighted by atomic mass is 35.5. The summed E-state index contributed by atoms with van der Waals surface area (Å²) in [4.78, 5) is 20.2. The highest BCUT2D eigenvalue weighted by Gasteiger charge is 2.26. The van der Waals surface area contributed by atoms with Crippen LogP contribution in [0, 0.1) is 11.8 Å². The molecule has 0 spiro atoms. The van der Waals surface area contributed by atoms with E-state index < -0.39 is 0 Å². The summed E-state index contributed by atoms with van der Waals surface area (Å²) in [5.74, 6) is 1.07. The molecule has 1 aromatic rings. The highest BCUT2D eigenvalue weighted by Crippen LogP contribution is 2.29. The zero-order valence-electron chi connectivity index (χ0n) is 13.3. The number of nitrogens with two attached hydrogens (primary N) is 3. The highest BCUT2D eigenvalue weighted by molar-refractivity contribution is 5.92. The van der Waals surface area contributed by atoms with Crippen LogP contribution >= 0.6 is 24.8 Å². The number of aliphatic imine (C=N–C) groups is 1. The number of halogens is 2. The maximum atomic E-state index is 12.2. The molecule has 0 bridgehead atoms. The van der Waals surface area contributed by atoms with Gasteiger partial charge in [-0.15, -0.1) is 24.8 Å². The molecule has 2 rings (SSSR count).